The number of halogens is 1. The van der Waals surface area contributed by atoms with Gasteiger partial charge in [-0.2, -0.15) is 0 Å². The molecular weight excluding hydrogens is 450 g/mol. The van der Waals surface area contributed by atoms with E-state index in [1.807, 2.05) is 38.1 Å². The van der Waals surface area contributed by atoms with E-state index in [-0.39, 0.29) is 17.4 Å². The van der Waals surface area contributed by atoms with Crippen LogP contribution in [0.1, 0.15) is 77.7 Å². The van der Waals surface area contributed by atoms with Crippen LogP contribution >= 0.6 is 11.6 Å². The Hall–Kier alpha value is -2.53. The smallest absolute Gasteiger partial charge is 0.329 e. The van der Waals surface area contributed by atoms with Crippen molar-refractivity contribution in [3.8, 4) is 17.2 Å². The summed E-state index contributed by atoms with van der Waals surface area (Å²) in [5, 5.41) is 9.51. The van der Waals surface area contributed by atoms with Gasteiger partial charge in [-0.3, -0.25) is 9.79 Å². The molecule has 2 rings (SSSR count). The predicted octanol–water partition coefficient (Wildman–Crippen LogP) is 7.83. The van der Waals surface area contributed by atoms with E-state index < -0.39 is 11.3 Å². The fourth-order valence-electron chi connectivity index (χ4n) is 3.34. The maximum absolute atomic E-state index is 12.0. The highest BCUT2D eigenvalue weighted by Gasteiger charge is 2.21. The minimum Gasteiger partial charge on any atom is -0.507 e. The van der Waals surface area contributed by atoms with Crippen LogP contribution in [0.3, 0.4) is 0 Å². The highest BCUT2D eigenvalue weighted by molar-refractivity contribution is 6.30. The summed E-state index contributed by atoms with van der Waals surface area (Å²) in [7, 11) is 0. The Kier molecular flexibility index (Phi) is 12.5. The minimum atomic E-state index is -0.740. The van der Waals surface area contributed by atoms with Crippen LogP contribution < -0.4 is 9.47 Å². The Morgan fingerprint density at radius 2 is 1.59 bits per heavy atom. The molecule has 0 bridgehead atoms. The molecule has 6 heteroatoms. The summed E-state index contributed by atoms with van der Waals surface area (Å²) in [6, 6.07) is 12.2. The Morgan fingerprint density at radius 3 is 2.21 bits per heavy atom. The van der Waals surface area contributed by atoms with Crippen LogP contribution in [-0.2, 0) is 4.79 Å². The number of carbonyl (C=O) groups excluding carboxylic acids is 1. The van der Waals surface area contributed by atoms with Crippen molar-refractivity contribution < 1.29 is 19.4 Å². The summed E-state index contributed by atoms with van der Waals surface area (Å²) in [5.41, 5.74) is 1.26. The van der Waals surface area contributed by atoms with Gasteiger partial charge in [0, 0.05) is 17.8 Å². The number of esters is 1. The predicted molar refractivity (Wildman–Crippen MR) is 140 cm³/mol. The number of rotatable bonds is 15. The van der Waals surface area contributed by atoms with Crippen LogP contribution in [0.5, 0.6) is 17.2 Å². The second kappa shape index (κ2) is 15.4. The van der Waals surface area contributed by atoms with E-state index in [1.54, 1.807) is 18.3 Å². The van der Waals surface area contributed by atoms with Gasteiger partial charge in [0.1, 0.15) is 22.6 Å². The summed E-state index contributed by atoms with van der Waals surface area (Å²) in [6.07, 6.45) is 11.8. The van der Waals surface area contributed by atoms with Gasteiger partial charge in [-0.25, -0.2) is 0 Å². The van der Waals surface area contributed by atoms with Gasteiger partial charge in [0.2, 0.25) is 0 Å². The van der Waals surface area contributed by atoms with Crippen molar-refractivity contribution in [2.75, 3.05) is 6.61 Å². The lowest BCUT2D eigenvalue weighted by molar-refractivity contribution is -0.134. The van der Waals surface area contributed by atoms with Crippen molar-refractivity contribution >= 4 is 29.5 Å². The lowest BCUT2D eigenvalue weighted by Gasteiger charge is -2.12. The van der Waals surface area contributed by atoms with Gasteiger partial charge < -0.3 is 14.6 Å². The van der Waals surface area contributed by atoms with E-state index in [4.69, 9.17) is 21.1 Å². The molecule has 0 aliphatic carbocycles. The van der Waals surface area contributed by atoms with E-state index >= 15 is 0 Å². The first-order valence-corrected chi connectivity index (χ1v) is 12.8. The standard InChI is InChI=1S/C28H38ClNO4/c1-4-5-6-7-8-9-10-11-18-33-24-16-13-23(14-17-24)30-20-22-12-15-25(19-26(22)31)34-28(32)27(29)21(2)3/h12-17,19-21,27,31H,4-11,18H2,1-3H3. The third kappa shape index (κ3) is 10.2. The maximum atomic E-state index is 12.0. The highest BCUT2D eigenvalue weighted by Crippen LogP contribution is 2.25. The molecule has 0 radical (unpaired) electrons. The first-order chi connectivity index (χ1) is 16.4. The first-order valence-electron chi connectivity index (χ1n) is 12.4. The number of ether oxygens (including phenoxy) is 2. The second-order valence-electron chi connectivity index (χ2n) is 8.86. The molecule has 34 heavy (non-hydrogen) atoms. The SMILES string of the molecule is CCCCCCCCCCOc1ccc(N=Cc2ccc(OC(=O)C(Cl)C(C)C)cc2O)cc1. The number of alkyl halides is 1. The van der Waals surface area contributed by atoms with Crippen LogP contribution in [0.15, 0.2) is 47.5 Å². The van der Waals surface area contributed by atoms with Crippen molar-refractivity contribution in [2.45, 2.75) is 77.5 Å². The second-order valence-corrected chi connectivity index (χ2v) is 9.33. The average Bonchev–Trinajstić information content (AvgIpc) is 2.82. The molecule has 0 saturated heterocycles. The minimum absolute atomic E-state index is 0.0324. The van der Waals surface area contributed by atoms with E-state index in [0.29, 0.717) is 5.56 Å². The molecule has 0 aliphatic rings. The van der Waals surface area contributed by atoms with Crippen molar-refractivity contribution in [3.05, 3.63) is 48.0 Å². The van der Waals surface area contributed by atoms with E-state index in [1.165, 1.54) is 51.0 Å². The van der Waals surface area contributed by atoms with Crippen LogP contribution in [0.4, 0.5) is 5.69 Å². The number of phenols is 1. The fraction of sp³-hybridized carbons (Fsp3) is 0.500. The van der Waals surface area contributed by atoms with Crippen molar-refractivity contribution in [3.63, 3.8) is 0 Å². The van der Waals surface area contributed by atoms with Gasteiger partial charge >= 0.3 is 5.97 Å². The van der Waals surface area contributed by atoms with Crippen LogP contribution in [0.25, 0.3) is 0 Å². The molecule has 0 aliphatic heterocycles. The summed E-state index contributed by atoms with van der Waals surface area (Å²) < 4.78 is 11.1. The molecule has 0 heterocycles. The number of unbranched alkanes of at least 4 members (excludes halogenated alkanes) is 7. The maximum Gasteiger partial charge on any atom is 0.329 e. The molecule has 1 N–H and O–H groups in total. The molecule has 1 unspecified atom stereocenters. The van der Waals surface area contributed by atoms with E-state index in [9.17, 15) is 9.90 Å². The van der Waals surface area contributed by atoms with Crippen molar-refractivity contribution in [2.24, 2.45) is 10.9 Å². The lowest BCUT2D eigenvalue weighted by Crippen LogP contribution is -2.25. The molecule has 186 valence electrons. The van der Waals surface area contributed by atoms with Crippen LogP contribution in [-0.4, -0.2) is 29.3 Å². The number of hydrogen-bond donors (Lipinski definition) is 1. The zero-order valence-electron chi connectivity index (χ0n) is 20.6. The number of carbonyl (C=O) groups is 1. The number of aliphatic imine (C=N–C) groups is 1. The molecular formula is C28H38ClNO4. The topological polar surface area (TPSA) is 68.1 Å². The zero-order valence-corrected chi connectivity index (χ0v) is 21.4. The summed E-state index contributed by atoms with van der Waals surface area (Å²) in [5.74, 6) is 0.451. The van der Waals surface area contributed by atoms with E-state index in [2.05, 4.69) is 11.9 Å². The van der Waals surface area contributed by atoms with Crippen LogP contribution in [0, 0.1) is 5.92 Å². The Labute approximate surface area is 209 Å². The fourth-order valence-corrected chi connectivity index (χ4v) is 3.38. The third-order valence-electron chi connectivity index (χ3n) is 5.49. The van der Waals surface area contributed by atoms with Gasteiger partial charge in [-0.1, -0.05) is 65.7 Å². The Bertz CT molecular complexity index is 896. The van der Waals surface area contributed by atoms with Crippen LogP contribution in [0.2, 0.25) is 0 Å². The average molecular weight is 488 g/mol. The number of benzene rings is 2. The zero-order chi connectivity index (χ0) is 24.8. The molecule has 1 atom stereocenters. The van der Waals surface area contributed by atoms with Crippen molar-refractivity contribution in [1.29, 1.82) is 0 Å². The molecule has 0 amide bonds. The molecule has 0 fully saturated rings. The van der Waals surface area contributed by atoms with E-state index in [0.717, 1.165) is 24.5 Å². The van der Waals surface area contributed by atoms with Gasteiger partial charge in [0.25, 0.3) is 0 Å². The van der Waals surface area contributed by atoms with Crippen molar-refractivity contribution in [1.82, 2.24) is 0 Å². The molecule has 2 aromatic rings. The number of phenolic OH excluding ortho intramolecular Hbond substituents is 1. The van der Waals surface area contributed by atoms with Gasteiger partial charge in [-0.15, -0.1) is 11.6 Å². The summed E-state index contributed by atoms with van der Waals surface area (Å²) in [6.45, 7) is 6.65. The third-order valence-corrected chi connectivity index (χ3v) is 6.17. The normalized spacial score (nSPS) is 12.3. The highest BCUT2D eigenvalue weighted by atomic mass is 35.5. The molecule has 0 spiro atoms. The molecule has 2 aromatic carbocycles. The molecule has 0 aromatic heterocycles. The molecule has 0 saturated carbocycles. The van der Waals surface area contributed by atoms with Gasteiger partial charge in [-0.05, 0) is 48.7 Å². The number of aromatic hydroxyl groups is 1. The quantitative estimate of drug-likeness (QED) is 0.0913. The largest absolute Gasteiger partial charge is 0.507 e. The summed E-state index contributed by atoms with van der Waals surface area (Å²) in [4.78, 5) is 16.4. The van der Waals surface area contributed by atoms with Gasteiger partial charge in [0.15, 0.2) is 0 Å². The summed E-state index contributed by atoms with van der Waals surface area (Å²) >= 11 is 6.02. The van der Waals surface area contributed by atoms with Gasteiger partial charge in [0.05, 0.1) is 12.3 Å². The first kappa shape index (κ1) is 27.7. The number of hydrogen-bond acceptors (Lipinski definition) is 5. The monoisotopic (exact) mass is 487 g/mol. The number of nitrogens with zero attached hydrogens (tertiary/aromatic N) is 1. The molecule has 5 nitrogen and oxygen atoms in total. The Morgan fingerprint density at radius 1 is 0.971 bits per heavy atom. The lowest BCUT2D eigenvalue weighted by atomic mass is 10.1. The Balaban J connectivity index is 1.76.